The second kappa shape index (κ2) is 18.7. The molecule has 0 atom stereocenters. The molecule has 2 aliphatic carbocycles. The van der Waals surface area contributed by atoms with Gasteiger partial charge in [0.1, 0.15) is 0 Å². The summed E-state index contributed by atoms with van der Waals surface area (Å²) < 4.78 is 2.48. The lowest BCUT2D eigenvalue weighted by Gasteiger charge is -2.34. The van der Waals surface area contributed by atoms with E-state index in [1.807, 2.05) is 12.2 Å². The Morgan fingerprint density at radius 2 is 0.662 bits per heavy atom. The number of benzene rings is 12. The van der Waals surface area contributed by atoms with Crippen LogP contribution >= 0.6 is 0 Å². The van der Waals surface area contributed by atoms with Crippen LogP contribution in [0.2, 0.25) is 0 Å². The van der Waals surface area contributed by atoms with Crippen LogP contribution in [0.25, 0.3) is 84.2 Å². The van der Waals surface area contributed by atoms with E-state index in [0.717, 1.165) is 39.2 Å². The standard InChI is InChI=1S/C78H54N2/c1-3-52-29-33-54(34-30-52)56-37-45-75-69(47-56)70-48-57(55-35-31-53(4-2)32-36-55)38-46-76(70)80(75)64-41-44-68-67-43-40-63(50-73(67)78(74(68)51-64,60-23-13-7-14-24-60)61-25-15-8-16-26-61)79-62-39-42-66-65-27-17-18-28-71(65)77(72(66)49-62,58-19-9-5-10-20-58)59-21-11-6-12-22-59/h3-51,79H,1-2H2. The third-order valence-corrected chi connectivity index (χ3v) is 17.3. The van der Waals surface area contributed by atoms with Gasteiger partial charge in [-0.25, -0.2) is 0 Å². The monoisotopic (exact) mass is 1020 g/mol. The van der Waals surface area contributed by atoms with E-state index >= 15 is 0 Å². The maximum atomic E-state index is 4.00. The fourth-order valence-electron chi connectivity index (χ4n) is 13.7. The molecule has 0 aliphatic heterocycles. The smallest absolute Gasteiger partial charge is 0.0715 e. The molecule has 0 amide bonds. The molecule has 13 aromatic rings. The van der Waals surface area contributed by atoms with Crippen molar-refractivity contribution >= 4 is 45.3 Å². The van der Waals surface area contributed by atoms with Crippen LogP contribution in [0, 0.1) is 0 Å². The molecule has 0 saturated heterocycles. The van der Waals surface area contributed by atoms with Gasteiger partial charge < -0.3 is 9.88 Å². The van der Waals surface area contributed by atoms with Crippen LogP contribution in [0.1, 0.15) is 55.6 Å². The van der Waals surface area contributed by atoms with Crippen molar-refractivity contribution in [3.63, 3.8) is 0 Å². The van der Waals surface area contributed by atoms with Crippen LogP contribution in [0.3, 0.4) is 0 Å². The highest BCUT2D eigenvalue weighted by Gasteiger charge is 2.48. The van der Waals surface area contributed by atoms with Crippen LogP contribution in [0.5, 0.6) is 0 Å². The predicted octanol–water partition coefficient (Wildman–Crippen LogP) is 19.9. The van der Waals surface area contributed by atoms with Crippen molar-refractivity contribution in [3.05, 3.63) is 354 Å². The van der Waals surface area contributed by atoms with Crippen LogP contribution in [0.4, 0.5) is 11.4 Å². The maximum Gasteiger partial charge on any atom is 0.0715 e. The highest BCUT2D eigenvalue weighted by Crippen LogP contribution is 2.59. The summed E-state index contributed by atoms with van der Waals surface area (Å²) in [5.74, 6) is 0. The van der Waals surface area contributed by atoms with Crippen LogP contribution in [0.15, 0.2) is 298 Å². The van der Waals surface area contributed by atoms with Gasteiger partial charge in [0.25, 0.3) is 0 Å². The molecular weight excluding hydrogens is 965 g/mol. The third kappa shape index (κ3) is 7.12. The molecule has 376 valence electrons. The van der Waals surface area contributed by atoms with E-state index in [9.17, 15) is 0 Å². The molecule has 80 heavy (non-hydrogen) atoms. The Bertz CT molecular complexity index is 4360. The topological polar surface area (TPSA) is 17.0 Å². The van der Waals surface area contributed by atoms with Crippen molar-refractivity contribution in [2.75, 3.05) is 5.32 Å². The molecule has 12 aromatic carbocycles. The van der Waals surface area contributed by atoms with E-state index in [0.29, 0.717) is 0 Å². The van der Waals surface area contributed by atoms with Crippen molar-refractivity contribution in [1.29, 1.82) is 0 Å². The molecule has 0 radical (unpaired) electrons. The van der Waals surface area contributed by atoms with E-state index in [4.69, 9.17) is 0 Å². The molecule has 2 aliphatic rings. The lowest BCUT2D eigenvalue weighted by molar-refractivity contribution is 0.767. The Balaban J connectivity index is 0.908. The van der Waals surface area contributed by atoms with Gasteiger partial charge in [-0.05, 0) is 161 Å². The molecule has 0 bridgehead atoms. The molecule has 15 rings (SSSR count). The van der Waals surface area contributed by atoms with Crippen LogP contribution in [-0.4, -0.2) is 4.57 Å². The largest absolute Gasteiger partial charge is 0.356 e. The minimum absolute atomic E-state index is 0.504. The lowest BCUT2D eigenvalue weighted by Crippen LogP contribution is -2.29. The summed E-state index contributed by atoms with van der Waals surface area (Å²) in [5.41, 5.74) is 26.2. The van der Waals surface area contributed by atoms with E-state index < -0.39 is 10.8 Å². The summed E-state index contributed by atoms with van der Waals surface area (Å²) in [4.78, 5) is 0. The number of nitrogens with one attached hydrogen (secondary N) is 1. The molecule has 0 spiro atoms. The molecular formula is C78H54N2. The zero-order valence-electron chi connectivity index (χ0n) is 44.2. The van der Waals surface area contributed by atoms with E-state index in [-0.39, 0.29) is 0 Å². The van der Waals surface area contributed by atoms with Crippen molar-refractivity contribution in [2.45, 2.75) is 10.8 Å². The lowest BCUT2D eigenvalue weighted by atomic mass is 9.67. The molecule has 0 fully saturated rings. The summed E-state index contributed by atoms with van der Waals surface area (Å²) in [6.45, 7) is 8.01. The van der Waals surface area contributed by atoms with Gasteiger partial charge in [-0.1, -0.05) is 250 Å². The highest BCUT2D eigenvalue weighted by molar-refractivity contribution is 6.12. The first-order valence-corrected chi connectivity index (χ1v) is 27.6. The number of nitrogens with zero attached hydrogens (tertiary/aromatic N) is 1. The summed E-state index contributed by atoms with van der Waals surface area (Å²) in [7, 11) is 0. The first kappa shape index (κ1) is 47.0. The first-order chi connectivity index (χ1) is 39.5. The SMILES string of the molecule is C=Cc1ccc(-c2ccc3c(c2)c2cc(-c4ccc(C=C)cc4)ccc2n3-c2ccc3c(c2)C(c2ccccc2)(c2ccccc2)c2cc(Nc4ccc5c(c4)C(c4ccccc4)(c4ccccc4)c4ccccc4-5)ccc2-3)cc1. The molecule has 0 saturated carbocycles. The van der Waals surface area contributed by atoms with Gasteiger partial charge in [0.15, 0.2) is 0 Å². The number of aromatic nitrogens is 1. The van der Waals surface area contributed by atoms with Crippen molar-refractivity contribution in [1.82, 2.24) is 4.57 Å². The number of hydrogen-bond donors (Lipinski definition) is 1. The Hall–Kier alpha value is -10.3. The zero-order valence-corrected chi connectivity index (χ0v) is 44.2. The Labute approximate surface area is 467 Å². The van der Waals surface area contributed by atoms with Gasteiger partial charge in [0, 0.05) is 27.8 Å². The fourth-order valence-corrected chi connectivity index (χ4v) is 13.7. The maximum absolute atomic E-state index is 4.00. The molecule has 2 nitrogen and oxygen atoms in total. The van der Waals surface area contributed by atoms with Gasteiger partial charge in [0.2, 0.25) is 0 Å². The zero-order chi connectivity index (χ0) is 53.4. The number of hydrogen-bond acceptors (Lipinski definition) is 1. The minimum Gasteiger partial charge on any atom is -0.356 e. The summed E-state index contributed by atoms with van der Waals surface area (Å²) in [6.07, 6.45) is 3.80. The Morgan fingerprint density at radius 1 is 0.300 bits per heavy atom. The minimum atomic E-state index is -0.662. The number of anilines is 2. The van der Waals surface area contributed by atoms with Crippen LogP contribution in [-0.2, 0) is 10.8 Å². The van der Waals surface area contributed by atoms with Crippen LogP contribution < -0.4 is 5.32 Å². The summed E-state index contributed by atoms with van der Waals surface area (Å²) in [5, 5.41) is 6.41. The third-order valence-electron chi connectivity index (χ3n) is 17.3. The second-order valence-electron chi connectivity index (χ2n) is 21.3. The van der Waals surface area contributed by atoms with Crippen molar-refractivity contribution in [2.24, 2.45) is 0 Å². The molecule has 1 aromatic heterocycles. The van der Waals surface area contributed by atoms with E-state index in [1.54, 1.807) is 0 Å². The highest BCUT2D eigenvalue weighted by atomic mass is 15.0. The van der Waals surface area contributed by atoms with Gasteiger partial charge in [-0.2, -0.15) is 0 Å². The summed E-state index contributed by atoms with van der Waals surface area (Å²) in [6, 6.07) is 106. The fraction of sp³-hybridized carbons (Fsp3) is 0.0256. The average Bonchev–Trinajstić information content (AvgIpc) is 4.34. The van der Waals surface area contributed by atoms with Crippen molar-refractivity contribution in [3.8, 4) is 50.2 Å². The van der Waals surface area contributed by atoms with Gasteiger partial charge in [0.05, 0.1) is 21.9 Å². The Morgan fingerprint density at radius 3 is 1.10 bits per heavy atom. The van der Waals surface area contributed by atoms with E-state index in [1.165, 1.54) is 99.8 Å². The van der Waals surface area contributed by atoms with Gasteiger partial charge in [-0.15, -0.1) is 0 Å². The van der Waals surface area contributed by atoms with Gasteiger partial charge >= 0.3 is 0 Å². The predicted molar refractivity (Wildman–Crippen MR) is 336 cm³/mol. The number of rotatable bonds is 11. The van der Waals surface area contributed by atoms with Crippen molar-refractivity contribution < 1.29 is 0 Å². The van der Waals surface area contributed by atoms with Gasteiger partial charge in [-0.3, -0.25) is 0 Å². The molecule has 2 heteroatoms. The Kier molecular flexibility index (Phi) is 11.0. The van der Waals surface area contributed by atoms with E-state index in [2.05, 4.69) is 308 Å². The molecule has 0 unspecified atom stereocenters. The molecule has 1 N–H and O–H groups in total. The number of fused-ring (bicyclic) bond motifs is 9. The second-order valence-corrected chi connectivity index (χ2v) is 21.3. The quantitative estimate of drug-likeness (QED) is 0.137. The first-order valence-electron chi connectivity index (χ1n) is 27.6. The molecule has 1 heterocycles. The summed E-state index contributed by atoms with van der Waals surface area (Å²) >= 11 is 0. The average molecular weight is 1020 g/mol. The normalized spacial score (nSPS) is 13.3.